The second-order valence-corrected chi connectivity index (χ2v) is 5.09. The van der Waals surface area contributed by atoms with Gasteiger partial charge in [-0.25, -0.2) is 9.78 Å². The van der Waals surface area contributed by atoms with Crippen LogP contribution in [0.5, 0.6) is 0 Å². The summed E-state index contributed by atoms with van der Waals surface area (Å²) < 4.78 is 5.35. The molecule has 1 heterocycles. The summed E-state index contributed by atoms with van der Waals surface area (Å²) in [6.07, 6.45) is 0.551. The van der Waals surface area contributed by atoms with Crippen molar-refractivity contribution >= 4 is 17.6 Å². The number of oxazole rings is 1. The Kier molecular flexibility index (Phi) is 3.90. The Morgan fingerprint density at radius 3 is 2.68 bits per heavy atom. The number of benzene rings is 1. The normalized spacial score (nSPS) is 10.9. The van der Waals surface area contributed by atoms with E-state index in [-0.39, 0.29) is 11.7 Å². The molecule has 0 radical (unpaired) electrons. The lowest BCUT2D eigenvalue weighted by Gasteiger charge is -2.00. The minimum Gasteiger partial charge on any atom is -0.475 e. The summed E-state index contributed by atoms with van der Waals surface area (Å²) in [5, 5.41) is 9.62. The van der Waals surface area contributed by atoms with E-state index in [2.05, 4.69) is 4.98 Å². The van der Waals surface area contributed by atoms with Crippen LogP contribution < -0.4 is 0 Å². The predicted molar refractivity (Wildman–Crippen MR) is 72.5 cm³/mol. The van der Waals surface area contributed by atoms with Crippen LogP contribution in [0.15, 0.2) is 28.7 Å². The van der Waals surface area contributed by atoms with E-state index in [1.165, 1.54) is 0 Å². The molecule has 2 aromatic rings. The maximum Gasteiger partial charge on any atom is 0.373 e. The molecule has 100 valence electrons. The van der Waals surface area contributed by atoms with Gasteiger partial charge in [0.2, 0.25) is 11.7 Å². The van der Waals surface area contributed by atoms with Gasteiger partial charge in [0.25, 0.3) is 0 Å². The second kappa shape index (κ2) is 5.45. The van der Waals surface area contributed by atoms with Gasteiger partial charge >= 0.3 is 5.97 Å². The number of carbonyl (C=O) groups is 1. The zero-order valence-electron chi connectivity index (χ0n) is 10.7. The molecule has 0 spiro atoms. The summed E-state index contributed by atoms with van der Waals surface area (Å²) in [7, 11) is 0. The molecule has 0 unspecified atom stereocenters. The third kappa shape index (κ3) is 2.96. The number of aromatic carboxylic acids is 1. The molecule has 0 aliphatic carbocycles. The third-order valence-corrected chi connectivity index (χ3v) is 2.93. The van der Waals surface area contributed by atoms with Gasteiger partial charge in [-0.05, 0) is 24.5 Å². The summed E-state index contributed by atoms with van der Waals surface area (Å²) in [6, 6.07) is 7.05. The first-order valence-corrected chi connectivity index (χ1v) is 6.34. The number of hydrogen-bond acceptors (Lipinski definition) is 3. The van der Waals surface area contributed by atoms with Crippen LogP contribution in [0.25, 0.3) is 11.5 Å². The largest absolute Gasteiger partial charge is 0.475 e. The summed E-state index contributed by atoms with van der Waals surface area (Å²) in [4.78, 5) is 15.4. The van der Waals surface area contributed by atoms with Crippen molar-refractivity contribution in [2.75, 3.05) is 0 Å². The molecule has 4 nitrogen and oxygen atoms in total. The van der Waals surface area contributed by atoms with E-state index in [0.29, 0.717) is 28.6 Å². The van der Waals surface area contributed by atoms with Crippen molar-refractivity contribution < 1.29 is 14.3 Å². The molecule has 1 aromatic heterocycles. The molecule has 2 rings (SSSR count). The lowest BCUT2D eigenvalue weighted by molar-refractivity contribution is 0.0661. The van der Waals surface area contributed by atoms with Crippen LogP contribution in [0.2, 0.25) is 5.02 Å². The topological polar surface area (TPSA) is 63.3 Å². The van der Waals surface area contributed by atoms with Crippen molar-refractivity contribution in [2.24, 2.45) is 5.92 Å². The van der Waals surface area contributed by atoms with Gasteiger partial charge in [-0.1, -0.05) is 37.6 Å². The fraction of sp³-hybridized carbons (Fsp3) is 0.286. The number of carboxylic acids is 1. The molecule has 0 aliphatic rings. The summed E-state index contributed by atoms with van der Waals surface area (Å²) in [5.41, 5.74) is 1.05. The highest BCUT2D eigenvalue weighted by Crippen LogP contribution is 2.29. The lowest BCUT2D eigenvalue weighted by atomic mass is 10.1. The maximum absolute atomic E-state index is 11.2. The van der Waals surface area contributed by atoms with Gasteiger partial charge in [-0.2, -0.15) is 0 Å². The zero-order valence-corrected chi connectivity index (χ0v) is 11.4. The Morgan fingerprint density at radius 1 is 1.42 bits per heavy atom. The van der Waals surface area contributed by atoms with E-state index in [0.717, 1.165) is 0 Å². The number of carboxylic acid groups (broad SMARTS) is 1. The first-order chi connectivity index (χ1) is 8.99. The lowest BCUT2D eigenvalue weighted by Crippen LogP contribution is -2.03. The Morgan fingerprint density at radius 2 is 2.11 bits per heavy atom. The van der Waals surface area contributed by atoms with Crippen LogP contribution in [0.4, 0.5) is 0 Å². The molecule has 19 heavy (non-hydrogen) atoms. The maximum atomic E-state index is 11.2. The SMILES string of the molecule is CC(C)Cc1nc(-c2ccccc2Cl)oc1C(=O)O. The minimum absolute atomic E-state index is 0.108. The molecule has 0 saturated carbocycles. The Hall–Kier alpha value is -1.81. The van der Waals surface area contributed by atoms with Gasteiger partial charge < -0.3 is 9.52 Å². The monoisotopic (exact) mass is 279 g/mol. The van der Waals surface area contributed by atoms with Gasteiger partial charge in [0.1, 0.15) is 0 Å². The highest BCUT2D eigenvalue weighted by atomic mass is 35.5. The Balaban J connectivity index is 2.49. The van der Waals surface area contributed by atoms with E-state index in [4.69, 9.17) is 21.1 Å². The highest BCUT2D eigenvalue weighted by Gasteiger charge is 2.21. The predicted octanol–water partition coefficient (Wildman–Crippen LogP) is 3.89. The van der Waals surface area contributed by atoms with Gasteiger partial charge in [0.05, 0.1) is 16.3 Å². The first kappa shape index (κ1) is 13.6. The molecule has 0 amide bonds. The average Bonchev–Trinajstić information content (AvgIpc) is 2.72. The summed E-state index contributed by atoms with van der Waals surface area (Å²) in [5.74, 6) is -0.675. The van der Waals surface area contributed by atoms with Crippen LogP contribution in [0.1, 0.15) is 30.1 Å². The van der Waals surface area contributed by atoms with Gasteiger partial charge in [0, 0.05) is 0 Å². The van der Waals surface area contributed by atoms with E-state index in [1.54, 1.807) is 24.3 Å². The molecule has 0 saturated heterocycles. The van der Waals surface area contributed by atoms with E-state index < -0.39 is 5.97 Å². The van der Waals surface area contributed by atoms with Gasteiger partial charge in [-0.15, -0.1) is 0 Å². The summed E-state index contributed by atoms with van der Waals surface area (Å²) in [6.45, 7) is 3.99. The molecule has 0 bridgehead atoms. The number of rotatable bonds is 4. The fourth-order valence-corrected chi connectivity index (χ4v) is 2.01. The van der Waals surface area contributed by atoms with Crippen molar-refractivity contribution in [1.82, 2.24) is 4.98 Å². The summed E-state index contributed by atoms with van der Waals surface area (Å²) >= 11 is 6.06. The minimum atomic E-state index is -1.11. The molecular weight excluding hydrogens is 266 g/mol. The number of hydrogen-bond donors (Lipinski definition) is 1. The van der Waals surface area contributed by atoms with Crippen molar-refractivity contribution in [1.29, 1.82) is 0 Å². The van der Waals surface area contributed by atoms with E-state index in [9.17, 15) is 4.79 Å². The molecular formula is C14H14ClNO3. The third-order valence-electron chi connectivity index (χ3n) is 2.60. The number of halogens is 1. The van der Waals surface area contributed by atoms with Crippen LogP contribution in [0, 0.1) is 5.92 Å². The quantitative estimate of drug-likeness (QED) is 0.922. The number of aromatic nitrogens is 1. The van der Waals surface area contributed by atoms with E-state index in [1.807, 2.05) is 13.8 Å². The molecule has 5 heteroatoms. The van der Waals surface area contributed by atoms with Crippen LogP contribution in [-0.2, 0) is 6.42 Å². The molecule has 1 N–H and O–H groups in total. The van der Waals surface area contributed by atoms with Crippen LogP contribution >= 0.6 is 11.6 Å². The van der Waals surface area contributed by atoms with Crippen LogP contribution in [-0.4, -0.2) is 16.1 Å². The van der Waals surface area contributed by atoms with Gasteiger partial charge in [-0.3, -0.25) is 0 Å². The van der Waals surface area contributed by atoms with Gasteiger partial charge in [0.15, 0.2) is 0 Å². The molecule has 1 aromatic carbocycles. The highest BCUT2D eigenvalue weighted by molar-refractivity contribution is 6.33. The van der Waals surface area contributed by atoms with Crippen LogP contribution in [0.3, 0.4) is 0 Å². The van der Waals surface area contributed by atoms with Crippen molar-refractivity contribution in [3.8, 4) is 11.5 Å². The zero-order chi connectivity index (χ0) is 14.0. The Bertz CT molecular complexity index is 604. The van der Waals surface area contributed by atoms with Crippen molar-refractivity contribution in [2.45, 2.75) is 20.3 Å². The molecule has 0 atom stereocenters. The smallest absolute Gasteiger partial charge is 0.373 e. The first-order valence-electron chi connectivity index (χ1n) is 5.97. The molecule has 0 fully saturated rings. The van der Waals surface area contributed by atoms with Crippen molar-refractivity contribution in [3.63, 3.8) is 0 Å². The van der Waals surface area contributed by atoms with Crippen molar-refractivity contribution in [3.05, 3.63) is 40.7 Å². The fourth-order valence-electron chi connectivity index (χ4n) is 1.79. The average molecular weight is 280 g/mol. The van der Waals surface area contributed by atoms with E-state index >= 15 is 0 Å². The standard InChI is InChI=1S/C14H14ClNO3/c1-8(2)7-11-12(14(17)18)19-13(16-11)9-5-3-4-6-10(9)15/h3-6,8H,7H2,1-2H3,(H,17,18). The molecule has 0 aliphatic heterocycles. The second-order valence-electron chi connectivity index (χ2n) is 4.68. The number of nitrogens with zero attached hydrogens (tertiary/aromatic N) is 1. The Labute approximate surface area is 116 Å².